The van der Waals surface area contributed by atoms with Crippen molar-refractivity contribution in [1.29, 1.82) is 0 Å². The van der Waals surface area contributed by atoms with Crippen molar-refractivity contribution in [3.05, 3.63) is 53.3 Å². The summed E-state index contributed by atoms with van der Waals surface area (Å²) >= 11 is 0. The van der Waals surface area contributed by atoms with E-state index in [0.29, 0.717) is 23.5 Å². The third-order valence-corrected chi connectivity index (χ3v) is 7.59. The van der Waals surface area contributed by atoms with Gasteiger partial charge in [0, 0.05) is 31.4 Å². The minimum Gasteiger partial charge on any atom is -0.508 e. The molecule has 2 fully saturated rings. The van der Waals surface area contributed by atoms with E-state index in [4.69, 9.17) is 0 Å². The van der Waals surface area contributed by atoms with Crippen LogP contribution in [0.2, 0.25) is 0 Å². The number of aromatic hydroxyl groups is 2. The maximum Gasteiger partial charge on any atom is 0.289 e. The van der Waals surface area contributed by atoms with Gasteiger partial charge >= 0.3 is 0 Å². The molecule has 1 aromatic heterocycles. The molecule has 0 spiro atoms. The third kappa shape index (κ3) is 5.68. The highest BCUT2D eigenvalue weighted by atomic mass is 16.3. The van der Waals surface area contributed by atoms with Crippen molar-refractivity contribution < 1.29 is 15.0 Å². The normalized spacial score (nSPS) is 16.5. The van der Waals surface area contributed by atoms with Crippen LogP contribution >= 0.6 is 0 Å². The number of nitrogens with one attached hydrogen (secondary N) is 1. The zero-order valence-electron chi connectivity index (χ0n) is 22.4. The molecule has 3 aromatic rings. The Morgan fingerprint density at radius 2 is 1.58 bits per heavy atom. The summed E-state index contributed by atoms with van der Waals surface area (Å²) in [6.07, 6.45) is 4.89. The van der Waals surface area contributed by atoms with Crippen LogP contribution in [0.4, 0.5) is 0 Å². The number of carbonyl (C=O) groups is 1. The molecule has 9 heteroatoms. The fourth-order valence-electron chi connectivity index (χ4n) is 5.45. The van der Waals surface area contributed by atoms with Crippen molar-refractivity contribution in [3.8, 4) is 28.6 Å². The molecule has 9 nitrogen and oxygen atoms in total. The first kappa shape index (κ1) is 26.2. The van der Waals surface area contributed by atoms with Gasteiger partial charge in [-0.15, -0.1) is 10.2 Å². The van der Waals surface area contributed by atoms with E-state index in [9.17, 15) is 15.0 Å². The Labute approximate surface area is 224 Å². The van der Waals surface area contributed by atoms with Gasteiger partial charge in [-0.1, -0.05) is 26.0 Å². The molecule has 1 amide bonds. The molecule has 3 heterocycles. The summed E-state index contributed by atoms with van der Waals surface area (Å²) in [5.41, 5.74) is 3.04. The minimum absolute atomic E-state index is 0.0264. The van der Waals surface area contributed by atoms with Gasteiger partial charge in [0.1, 0.15) is 11.5 Å². The van der Waals surface area contributed by atoms with Crippen LogP contribution in [0.5, 0.6) is 11.5 Å². The molecule has 2 aliphatic heterocycles. The van der Waals surface area contributed by atoms with Crippen molar-refractivity contribution in [2.75, 3.05) is 39.3 Å². The Kier molecular flexibility index (Phi) is 7.95. The minimum atomic E-state index is -0.313. The van der Waals surface area contributed by atoms with Gasteiger partial charge in [0.15, 0.2) is 5.82 Å². The molecule has 0 radical (unpaired) electrons. The number of carbonyl (C=O) groups excluding carboxylic acids is 1. The molecule has 0 saturated carbocycles. The molecule has 0 atom stereocenters. The van der Waals surface area contributed by atoms with Crippen molar-refractivity contribution in [1.82, 2.24) is 29.9 Å². The Morgan fingerprint density at radius 3 is 2.24 bits per heavy atom. The van der Waals surface area contributed by atoms with Gasteiger partial charge in [0.05, 0.1) is 5.56 Å². The maximum atomic E-state index is 13.3. The van der Waals surface area contributed by atoms with E-state index in [1.165, 1.54) is 37.3 Å². The topological polar surface area (TPSA) is 107 Å². The molecular weight excluding hydrogens is 480 g/mol. The molecule has 3 N–H and O–H groups in total. The molecule has 2 aromatic carbocycles. The number of benzene rings is 2. The number of nitrogens with zero attached hydrogens (tertiary/aromatic N) is 5. The predicted octanol–water partition coefficient (Wildman–Crippen LogP) is 3.89. The lowest BCUT2D eigenvalue weighted by Crippen LogP contribution is -2.34. The van der Waals surface area contributed by atoms with Crippen LogP contribution in [0.3, 0.4) is 0 Å². The highest BCUT2D eigenvalue weighted by molar-refractivity contribution is 5.92. The summed E-state index contributed by atoms with van der Waals surface area (Å²) in [6, 6.07) is 11.1. The first-order valence-electron chi connectivity index (χ1n) is 13.7. The summed E-state index contributed by atoms with van der Waals surface area (Å²) in [5.74, 6) is 0.134. The molecule has 0 bridgehead atoms. The number of hydrogen-bond donors (Lipinski definition) is 3. The molecular formula is C29H38N6O3. The fraction of sp³-hybridized carbons (Fsp3) is 0.483. The average molecular weight is 519 g/mol. The lowest BCUT2D eigenvalue weighted by molar-refractivity contribution is 0.0937. The van der Waals surface area contributed by atoms with Gasteiger partial charge in [-0.25, -0.2) is 0 Å². The standard InChI is InChI=1S/C29H38N6O3/c1-20(2)23-17-24(26(37)18-25(23)36)27-31-32-28(29(38)30-11-16-33-12-3-4-13-33)35(27)22-9-7-21(8-10-22)19-34-14-5-6-15-34/h7-10,17-18,20,36-37H,3-6,11-16,19H2,1-2H3,(H,30,38). The lowest BCUT2D eigenvalue weighted by atomic mass is 9.98. The Balaban J connectivity index is 1.48. The van der Waals surface area contributed by atoms with Crippen LogP contribution in [-0.2, 0) is 6.54 Å². The largest absolute Gasteiger partial charge is 0.508 e. The fourth-order valence-corrected chi connectivity index (χ4v) is 5.45. The predicted molar refractivity (Wildman–Crippen MR) is 147 cm³/mol. The number of amides is 1. The third-order valence-electron chi connectivity index (χ3n) is 7.59. The molecule has 2 aliphatic rings. The molecule has 38 heavy (non-hydrogen) atoms. The van der Waals surface area contributed by atoms with E-state index in [1.54, 1.807) is 10.6 Å². The number of hydrogen-bond acceptors (Lipinski definition) is 7. The van der Waals surface area contributed by atoms with Crippen LogP contribution in [-0.4, -0.2) is 80.0 Å². The summed E-state index contributed by atoms with van der Waals surface area (Å²) in [6.45, 7) is 10.5. The zero-order valence-corrected chi connectivity index (χ0v) is 22.4. The monoisotopic (exact) mass is 518 g/mol. The van der Waals surface area contributed by atoms with Gasteiger partial charge in [0.25, 0.3) is 5.91 Å². The van der Waals surface area contributed by atoms with Crippen molar-refractivity contribution in [3.63, 3.8) is 0 Å². The summed E-state index contributed by atoms with van der Waals surface area (Å²) in [5, 5.41) is 32.8. The lowest BCUT2D eigenvalue weighted by Gasteiger charge is -2.17. The van der Waals surface area contributed by atoms with E-state index in [2.05, 4.69) is 37.4 Å². The van der Waals surface area contributed by atoms with Crippen LogP contribution in [0.1, 0.15) is 67.2 Å². The molecule has 2 saturated heterocycles. The Hall–Kier alpha value is -3.43. The zero-order chi connectivity index (χ0) is 26.6. The first-order valence-corrected chi connectivity index (χ1v) is 13.7. The Bertz CT molecular complexity index is 1260. The van der Waals surface area contributed by atoms with Crippen molar-refractivity contribution in [2.24, 2.45) is 0 Å². The van der Waals surface area contributed by atoms with Gasteiger partial charge in [-0.2, -0.15) is 0 Å². The number of phenolic OH excluding ortho intramolecular Hbond substituents is 2. The SMILES string of the molecule is CC(C)c1cc(-c2nnc(C(=O)NCCN3CCCC3)n2-c2ccc(CN3CCCC3)cc2)c(O)cc1O. The second kappa shape index (κ2) is 11.5. The van der Waals surface area contributed by atoms with E-state index in [-0.39, 0.29) is 29.1 Å². The number of rotatable bonds is 9. The number of aromatic nitrogens is 3. The molecule has 0 unspecified atom stereocenters. The summed E-state index contributed by atoms with van der Waals surface area (Å²) in [7, 11) is 0. The quantitative estimate of drug-likeness (QED) is 0.395. The second-order valence-electron chi connectivity index (χ2n) is 10.7. The van der Waals surface area contributed by atoms with Gasteiger partial charge < -0.3 is 20.4 Å². The summed E-state index contributed by atoms with van der Waals surface area (Å²) in [4.78, 5) is 18.1. The van der Waals surface area contributed by atoms with E-state index in [0.717, 1.165) is 45.0 Å². The van der Waals surface area contributed by atoms with Gasteiger partial charge in [-0.3, -0.25) is 14.3 Å². The van der Waals surface area contributed by atoms with Crippen LogP contribution < -0.4 is 5.32 Å². The number of phenols is 2. The molecule has 202 valence electrons. The van der Waals surface area contributed by atoms with Gasteiger partial charge in [0.2, 0.25) is 5.82 Å². The highest BCUT2D eigenvalue weighted by Crippen LogP contribution is 2.38. The van der Waals surface area contributed by atoms with Crippen molar-refractivity contribution in [2.45, 2.75) is 52.0 Å². The maximum absolute atomic E-state index is 13.3. The molecule has 0 aliphatic carbocycles. The van der Waals surface area contributed by atoms with Crippen LogP contribution in [0.25, 0.3) is 17.1 Å². The summed E-state index contributed by atoms with van der Waals surface area (Å²) < 4.78 is 1.70. The highest BCUT2D eigenvalue weighted by Gasteiger charge is 2.25. The van der Waals surface area contributed by atoms with E-state index in [1.807, 2.05) is 26.0 Å². The van der Waals surface area contributed by atoms with E-state index < -0.39 is 0 Å². The molecule has 5 rings (SSSR count). The second-order valence-corrected chi connectivity index (χ2v) is 10.7. The van der Waals surface area contributed by atoms with Crippen LogP contribution in [0, 0.1) is 0 Å². The van der Waals surface area contributed by atoms with Crippen LogP contribution in [0.15, 0.2) is 36.4 Å². The van der Waals surface area contributed by atoms with E-state index >= 15 is 0 Å². The first-order chi connectivity index (χ1) is 18.4. The average Bonchev–Trinajstić information content (AvgIpc) is 3.67. The van der Waals surface area contributed by atoms with Crippen molar-refractivity contribution >= 4 is 5.91 Å². The number of likely N-dealkylation sites (tertiary alicyclic amines) is 2. The smallest absolute Gasteiger partial charge is 0.289 e. The van der Waals surface area contributed by atoms with Gasteiger partial charge in [-0.05, 0) is 87.1 Å². The Morgan fingerprint density at radius 1 is 0.921 bits per heavy atom.